The van der Waals surface area contributed by atoms with E-state index in [0.29, 0.717) is 11.7 Å². The molecule has 0 radical (unpaired) electrons. The summed E-state index contributed by atoms with van der Waals surface area (Å²) in [5.74, 6) is 3.44. The maximum absolute atomic E-state index is 5.27. The third-order valence-corrected chi connectivity index (χ3v) is 3.56. The lowest BCUT2D eigenvalue weighted by Crippen LogP contribution is -2.30. The van der Waals surface area contributed by atoms with Gasteiger partial charge in [0.15, 0.2) is 0 Å². The lowest BCUT2D eigenvalue weighted by atomic mass is 10.3. The summed E-state index contributed by atoms with van der Waals surface area (Å²) in [6, 6.07) is 4.03. The number of nitrogens with one attached hydrogen (secondary N) is 2. The lowest BCUT2D eigenvalue weighted by molar-refractivity contribution is 0.342. The zero-order valence-electron chi connectivity index (χ0n) is 8.64. The van der Waals surface area contributed by atoms with E-state index in [2.05, 4.69) is 20.4 Å². The van der Waals surface area contributed by atoms with Gasteiger partial charge in [-0.25, -0.2) is 0 Å². The number of aromatic nitrogens is 3. The maximum atomic E-state index is 5.27. The Morgan fingerprint density at radius 2 is 2.50 bits per heavy atom. The number of hydrogen-bond acceptors (Lipinski definition) is 5. The first-order valence-corrected chi connectivity index (χ1v) is 6.37. The summed E-state index contributed by atoms with van der Waals surface area (Å²) in [7, 11) is 0. The van der Waals surface area contributed by atoms with E-state index in [4.69, 9.17) is 4.52 Å². The van der Waals surface area contributed by atoms with Crippen molar-refractivity contribution in [1.29, 1.82) is 0 Å². The van der Waals surface area contributed by atoms with Crippen LogP contribution in [0.5, 0.6) is 0 Å². The molecule has 1 aliphatic rings. The van der Waals surface area contributed by atoms with Gasteiger partial charge in [0.1, 0.15) is 0 Å². The average molecular weight is 236 g/mol. The van der Waals surface area contributed by atoms with Crippen LogP contribution in [0.1, 0.15) is 11.9 Å². The first kappa shape index (κ1) is 9.92. The van der Waals surface area contributed by atoms with E-state index < -0.39 is 0 Å². The molecular formula is C10H12N4OS. The Labute approximate surface area is 97.0 Å². The van der Waals surface area contributed by atoms with E-state index in [1.807, 2.05) is 30.1 Å². The van der Waals surface area contributed by atoms with E-state index in [-0.39, 0.29) is 6.04 Å². The highest BCUT2D eigenvalue weighted by Crippen LogP contribution is 2.22. The molecule has 1 saturated heterocycles. The van der Waals surface area contributed by atoms with Crippen molar-refractivity contribution in [2.75, 3.05) is 18.1 Å². The molecule has 1 fully saturated rings. The summed E-state index contributed by atoms with van der Waals surface area (Å²) < 4.78 is 5.27. The van der Waals surface area contributed by atoms with Gasteiger partial charge in [0, 0.05) is 24.2 Å². The second kappa shape index (κ2) is 4.31. The van der Waals surface area contributed by atoms with Crippen molar-refractivity contribution in [1.82, 2.24) is 20.4 Å². The molecular weight excluding hydrogens is 224 g/mol. The molecule has 1 unspecified atom stereocenters. The van der Waals surface area contributed by atoms with Crippen molar-refractivity contribution in [3.63, 3.8) is 0 Å². The molecule has 3 rings (SSSR count). The molecule has 5 nitrogen and oxygen atoms in total. The van der Waals surface area contributed by atoms with E-state index >= 15 is 0 Å². The van der Waals surface area contributed by atoms with Gasteiger partial charge in [-0.3, -0.25) is 0 Å². The van der Waals surface area contributed by atoms with Gasteiger partial charge in [0.25, 0.3) is 0 Å². The number of rotatable bonds is 2. The van der Waals surface area contributed by atoms with Gasteiger partial charge in [-0.2, -0.15) is 16.7 Å². The molecule has 2 aromatic rings. The highest BCUT2D eigenvalue weighted by molar-refractivity contribution is 7.99. The van der Waals surface area contributed by atoms with Crippen LogP contribution in [-0.2, 0) is 0 Å². The van der Waals surface area contributed by atoms with Crippen molar-refractivity contribution in [2.24, 2.45) is 0 Å². The molecule has 0 amide bonds. The molecule has 16 heavy (non-hydrogen) atoms. The van der Waals surface area contributed by atoms with Gasteiger partial charge >= 0.3 is 0 Å². The van der Waals surface area contributed by atoms with Gasteiger partial charge < -0.3 is 14.8 Å². The summed E-state index contributed by atoms with van der Waals surface area (Å²) in [6.45, 7) is 0.996. The molecule has 0 bridgehead atoms. The maximum Gasteiger partial charge on any atom is 0.244 e. The molecule has 0 aliphatic carbocycles. The van der Waals surface area contributed by atoms with Crippen LogP contribution in [0.25, 0.3) is 11.5 Å². The van der Waals surface area contributed by atoms with Crippen LogP contribution in [0.15, 0.2) is 22.9 Å². The van der Waals surface area contributed by atoms with E-state index in [1.54, 1.807) is 0 Å². The molecule has 2 aromatic heterocycles. The minimum absolute atomic E-state index is 0.190. The van der Waals surface area contributed by atoms with Crippen LogP contribution >= 0.6 is 11.8 Å². The number of thioether (sulfide) groups is 1. The number of H-pyrrole nitrogens is 1. The minimum Gasteiger partial charge on any atom is -0.359 e. The van der Waals surface area contributed by atoms with Crippen LogP contribution in [0.2, 0.25) is 0 Å². The predicted molar refractivity (Wildman–Crippen MR) is 62.2 cm³/mol. The van der Waals surface area contributed by atoms with Gasteiger partial charge in [-0.05, 0) is 12.1 Å². The summed E-state index contributed by atoms with van der Waals surface area (Å²) in [4.78, 5) is 7.45. The zero-order valence-corrected chi connectivity index (χ0v) is 9.46. The summed E-state index contributed by atoms with van der Waals surface area (Å²) in [5.41, 5.74) is 0.887. The first-order valence-electron chi connectivity index (χ1n) is 5.22. The molecule has 84 valence electrons. The van der Waals surface area contributed by atoms with Gasteiger partial charge in [-0.15, -0.1) is 0 Å². The average Bonchev–Trinajstić information content (AvgIpc) is 3.01. The van der Waals surface area contributed by atoms with Crippen molar-refractivity contribution >= 4 is 11.8 Å². The molecule has 1 aliphatic heterocycles. The largest absolute Gasteiger partial charge is 0.359 e. The van der Waals surface area contributed by atoms with Crippen LogP contribution in [0, 0.1) is 0 Å². The topological polar surface area (TPSA) is 66.7 Å². The Hall–Kier alpha value is -1.27. The normalized spacial score (nSPS) is 21.1. The standard InChI is InChI=1S/C10H12N4OS/c1-2-7(11-3-1)9-13-10(15-14-9)8-6-16-5-4-12-8/h1-3,8,11-12H,4-6H2. The van der Waals surface area contributed by atoms with Gasteiger partial charge in [-0.1, -0.05) is 5.16 Å². The van der Waals surface area contributed by atoms with Gasteiger partial charge in [0.05, 0.1) is 11.7 Å². The van der Waals surface area contributed by atoms with Crippen molar-refractivity contribution in [2.45, 2.75) is 6.04 Å². The quantitative estimate of drug-likeness (QED) is 0.826. The Morgan fingerprint density at radius 1 is 1.50 bits per heavy atom. The van der Waals surface area contributed by atoms with E-state index in [9.17, 15) is 0 Å². The van der Waals surface area contributed by atoms with Gasteiger partial charge in [0.2, 0.25) is 11.7 Å². The van der Waals surface area contributed by atoms with Crippen LogP contribution in [0.3, 0.4) is 0 Å². The molecule has 0 saturated carbocycles. The van der Waals surface area contributed by atoms with Crippen molar-refractivity contribution in [3.05, 3.63) is 24.2 Å². The minimum atomic E-state index is 0.190. The lowest BCUT2D eigenvalue weighted by Gasteiger charge is -2.19. The highest BCUT2D eigenvalue weighted by Gasteiger charge is 2.21. The number of hydrogen-bond donors (Lipinski definition) is 2. The fraction of sp³-hybridized carbons (Fsp3) is 0.400. The molecule has 1 atom stereocenters. The Morgan fingerprint density at radius 3 is 3.25 bits per heavy atom. The summed E-state index contributed by atoms with van der Waals surface area (Å²) >= 11 is 1.91. The monoisotopic (exact) mass is 236 g/mol. The van der Waals surface area contributed by atoms with Crippen molar-refractivity contribution < 1.29 is 4.52 Å². The Bertz CT molecular complexity index is 447. The molecule has 0 spiro atoms. The van der Waals surface area contributed by atoms with Crippen LogP contribution in [0.4, 0.5) is 0 Å². The van der Waals surface area contributed by atoms with Crippen molar-refractivity contribution in [3.8, 4) is 11.5 Å². The Kier molecular flexibility index (Phi) is 2.67. The molecule has 2 N–H and O–H groups in total. The van der Waals surface area contributed by atoms with E-state index in [1.165, 1.54) is 0 Å². The van der Waals surface area contributed by atoms with Crippen LogP contribution in [-0.4, -0.2) is 33.2 Å². The predicted octanol–water partition coefficient (Wildman–Crippen LogP) is 1.44. The fourth-order valence-corrected chi connectivity index (χ4v) is 2.60. The second-order valence-corrected chi connectivity index (χ2v) is 4.77. The first-order chi connectivity index (χ1) is 7.93. The number of aromatic amines is 1. The smallest absolute Gasteiger partial charge is 0.244 e. The fourth-order valence-electron chi connectivity index (χ4n) is 1.68. The summed E-state index contributed by atoms with van der Waals surface area (Å²) in [6.07, 6.45) is 1.85. The third-order valence-electron chi connectivity index (χ3n) is 2.50. The number of nitrogens with zero attached hydrogens (tertiary/aromatic N) is 2. The molecule has 3 heterocycles. The second-order valence-electron chi connectivity index (χ2n) is 3.62. The zero-order chi connectivity index (χ0) is 10.8. The highest BCUT2D eigenvalue weighted by atomic mass is 32.2. The molecule has 0 aromatic carbocycles. The van der Waals surface area contributed by atoms with E-state index in [0.717, 1.165) is 23.7 Å². The van der Waals surface area contributed by atoms with Crippen LogP contribution < -0.4 is 5.32 Å². The third kappa shape index (κ3) is 1.85. The molecule has 6 heteroatoms. The SMILES string of the molecule is c1c[nH]c(-c2noc(C3CSCCN3)n2)c1. The Balaban J connectivity index is 1.82. The summed E-state index contributed by atoms with van der Waals surface area (Å²) in [5, 5.41) is 7.33.